The predicted molar refractivity (Wildman–Crippen MR) is 58.2 cm³/mol. The molecule has 0 unspecified atom stereocenters. The molecule has 0 heterocycles. The summed E-state index contributed by atoms with van der Waals surface area (Å²) in [4.78, 5) is 18.7. The van der Waals surface area contributed by atoms with Crippen LogP contribution in [0.5, 0.6) is 0 Å². The molecular formula is C11H20FmNO3-. The van der Waals surface area contributed by atoms with Gasteiger partial charge in [0.2, 0.25) is 0 Å². The van der Waals surface area contributed by atoms with Gasteiger partial charge in [0.05, 0.1) is 6.54 Å². The number of carbonyl (C=O) groups is 1. The smallest absolute Gasteiger partial charge is 0.320 e. The van der Waals surface area contributed by atoms with E-state index in [0.29, 0.717) is 0 Å². The van der Waals surface area contributed by atoms with E-state index < -0.39 is 5.97 Å². The number of nitrogens with one attached hydrogen (secondary N) is 1. The van der Waals surface area contributed by atoms with Crippen LogP contribution in [0.4, 0.5) is 0 Å². The molecule has 0 radical (unpaired) electrons. The van der Waals surface area contributed by atoms with Crippen LogP contribution < -0.4 is 5.32 Å². The van der Waals surface area contributed by atoms with E-state index in [1.807, 2.05) is 5.32 Å². The number of carboxylic acid groups (broad SMARTS) is 1. The van der Waals surface area contributed by atoms with Crippen molar-refractivity contribution in [1.29, 1.82) is 0 Å². The quantitative estimate of drug-likeness (QED) is 0.485. The van der Waals surface area contributed by atoms with Crippen molar-refractivity contribution >= 4 is 12.4 Å². The summed E-state index contributed by atoms with van der Waals surface area (Å²) in [5, 5.41) is 9.65. The average Bonchev–Trinajstić information content (AvgIpc) is 2.28. The molecule has 100 valence electrons. The number of carboxylic acids is 1. The Balaban J connectivity index is 0. The Morgan fingerprint density at radius 1 is 1.38 bits per heavy atom. The molecule has 5 heteroatoms. The summed E-state index contributed by atoms with van der Waals surface area (Å²) in [6, 6.07) is 0. The van der Waals surface area contributed by atoms with Gasteiger partial charge in [-0.05, 0) is 5.92 Å². The summed E-state index contributed by atoms with van der Waals surface area (Å²) in [7, 11) is 0. The minimum Gasteiger partial charge on any atom is -0.521 e. The minimum atomic E-state index is -1.07. The predicted octanol–water partition coefficient (Wildman–Crippen LogP) is 1.70. The molecule has 1 rings (SSSR count). The zero-order chi connectivity index (χ0) is 11.5. The van der Waals surface area contributed by atoms with Crippen LogP contribution in [0.2, 0.25) is 0 Å². The van der Waals surface area contributed by atoms with Gasteiger partial charge in [0.15, 0.2) is 0 Å². The van der Waals surface area contributed by atoms with E-state index in [2.05, 4.69) is 6.92 Å². The third-order valence-corrected chi connectivity index (χ3v) is 2.61. The topological polar surface area (TPSA) is 66.4 Å². The van der Waals surface area contributed by atoms with Gasteiger partial charge < -0.3 is 15.2 Å². The van der Waals surface area contributed by atoms with E-state index in [-0.39, 0.29) is 6.54 Å². The zero-order valence-corrected chi connectivity index (χ0v) is 12.0. The molecule has 1 saturated carbocycles. The number of hydrogen-bond acceptors (Lipinski definition) is 2. The third kappa shape index (κ3) is 10.0. The van der Waals surface area contributed by atoms with Crippen LogP contribution in [0.1, 0.15) is 45.4 Å². The first kappa shape index (κ1) is 16.4. The maximum absolute atomic E-state index is 9.52. The summed E-state index contributed by atoms with van der Waals surface area (Å²) in [6.45, 7) is 1.96. The van der Waals surface area contributed by atoms with Gasteiger partial charge in [-0.25, -0.2) is 0 Å². The Hall–Kier alpha value is -2.06. The molecule has 0 aromatic rings. The van der Waals surface area contributed by atoms with Crippen molar-refractivity contribution in [2.45, 2.75) is 45.4 Å². The van der Waals surface area contributed by atoms with Crippen LogP contribution in [-0.2, 0) is 9.59 Å². The third-order valence-electron chi connectivity index (χ3n) is 2.61. The molecular weight excluding hydrogens is 451 g/mol. The molecule has 0 bridgehead atoms. The first-order chi connectivity index (χ1) is 7.20. The van der Waals surface area contributed by atoms with Crippen LogP contribution in [0.25, 0.3) is 0 Å². The Morgan fingerprint density at radius 2 is 1.94 bits per heavy atom. The van der Waals surface area contributed by atoms with Crippen molar-refractivity contribution in [1.82, 2.24) is 5.32 Å². The van der Waals surface area contributed by atoms with E-state index in [0.717, 1.165) is 5.92 Å². The molecule has 0 aromatic carbocycles. The van der Waals surface area contributed by atoms with Crippen molar-refractivity contribution in [3.8, 4) is 0 Å². The normalized spacial score (nSPS) is 15.1. The van der Waals surface area contributed by atoms with Gasteiger partial charge in [-0.15, -0.1) is 0 Å². The molecule has 2 N–H and O–H groups in total. The van der Waals surface area contributed by atoms with Crippen molar-refractivity contribution in [2.75, 3.05) is 6.54 Å². The summed E-state index contributed by atoms with van der Waals surface area (Å²) < 4.78 is 0. The molecule has 1 fully saturated rings. The molecule has 0 spiro atoms. The van der Waals surface area contributed by atoms with Crippen molar-refractivity contribution < 1.29 is 14.7 Å². The minimum absolute atomic E-state index is 0. The fourth-order valence-electron chi connectivity index (χ4n) is 1.71. The number of amides is 1. The van der Waals surface area contributed by atoms with E-state index in [1.165, 1.54) is 44.9 Å². The van der Waals surface area contributed by atoms with Gasteiger partial charge in [-0.1, -0.05) is 45.4 Å². The second-order valence-corrected chi connectivity index (χ2v) is 3.76. The fraction of sp³-hybridized carbons (Fsp3) is 0.818. The molecule has 0 aliphatic heterocycles. The van der Waals surface area contributed by atoms with Gasteiger partial charge in [-0.2, -0.15) is 6.41 Å². The van der Waals surface area contributed by atoms with Crippen LogP contribution in [0, 0.1) is 5.92 Å². The van der Waals surface area contributed by atoms with Gasteiger partial charge in [-0.3, -0.25) is 4.79 Å². The van der Waals surface area contributed by atoms with Crippen molar-refractivity contribution in [3.05, 3.63) is 0 Å². The maximum Gasteiger partial charge on any atom is 0.320 e. The fourth-order valence-corrected chi connectivity index (χ4v) is 1.71. The van der Waals surface area contributed by atoms with Crippen molar-refractivity contribution in [2.24, 2.45) is 5.92 Å². The Morgan fingerprint density at radius 3 is 2.19 bits per heavy atom. The van der Waals surface area contributed by atoms with E-state index >= 15 is 0 Å². The van der Waals surface area contributed by atoms with Crippen LogP contribution in [0.15, 0.2) is 0 Å². The summed E-state index contributed by atoms with van der Waals surface area (Å²) in [5.41, 5.74) is 0. The monoisotopic (exact) mass is 471 g/mol. The average molecular weight is 471 g/mol. The Labute approximate surface area is 91.1 Å². The molecule has 1 aliphatic rings. The SMILES string of the molecule is CCC1CCCCC1.O=[C-]NCC(=O)O.[Fm]. The number of rotatable bonds is 4. The van der Waals surface area contributed by atoms with Crippen molar-refractivity contribution in [3.63, 3.8) is 0 Å². The first-order valence-electron chi connectivity index (χ1n) is 5.52. The summed E-state index contributed by atoms with van der Waals surface area (Å²) >= 11 is 0. The maximum atomic E-state index is 9.52. The Kier molecular flexibility index (Phi) is 11.3. The zero-order valence-electron chi connectivity index (χ0n) is 9.58. The molecule has 4 nitrogen and oxygen atoms in total. The standard InChI is InChI=1S/C8H16.C3H4NO3.Fm/c1-2-8-6-4-3-5-7-8;5-2-4-1-3(6)7;/h8H,2-7H2,1H3;1H2,(H,4,5)(H,6,7);/q;-1;. The molecule has 0 atom stereocenters. The molecule has 0 aromatic heterocycles. The molecule has 0 saturated heterocycles. The van der Waals surface area contributed by atoms with E-state index in [9.17, 15) is 9.59 Å². The van der Waals surface area contributed by atoms with E-state index in [1.54, 1.807) is 0 Å². The number of hydrogen-bond donors (Lipinski definition) is 2. The van der Waals surface area contributed by atoms with Gasteiger partial charge in [0.25, 0.3) is 0 Å². The first-order valence-corrected chi connectivity index (χ1v) is 5.52. The van der Waals surface area contributed by atoms with E-state index in [4.69, 9.17) is 5.11 Å². The van der Waals surface area contributed by atoms with Crippen LogP contribution >= 0.6 is 0 Å². The Bertz CT molecular complexity index is 182. The van der Waals surface area contributed by atoms with Gasteiger partial charge >= 0.3 is 5.97 Å². The molecule has 1 aliphatic carbocycles. The van der Waals surface area contributed by atoms with Crippen LogP contribution in [-0.4, -0.2) is 24.0 Å². The summed E-state index contributed by atoms with van der Waals surface area (Å²) in [5.74, 6) is 0.0205. The van der Waals surface area contributed by atoms with Gasteiger partial charge in [0, 0.05) is 0 Å². The number of carbonyl (C=O) groups excluding carboxylic acids is 1. The van der Waals surface area contributed by atoms with Gasteiger partial charge in [0.1, 0.15) is 0 Å². The summed E-state index contributed by atoms with van der Waals surface area (Å²) in [6.07, 6.45) is 10.1. The molecule has 1 amide bonds. The van der Waals surface area contributed by atoms with Crippen LogP contribution in [0.3, 0.4) is 0 Å². The largest absolute Gasteiger partial charge is 0.521 e. The molecule has 16 heavy (non-hydrogen) atoms. The second kappa shape index (κ2) is 11.0. The number of aliphatic carboxylic acids is 1. The second-order valence-electron chi connectivity index (χ2n) is 3.76.